The quantitative estimate of drug-likeness (QED) is 0.253. The van der Waals surface area contributed by atoms with Crippen LogP contribution in [-0.4, -0.2) is 31.0 Å². The molecule has 3 N–H and O–H groups in total. The summed E-state index contributed by atoms with van der Waals surface area (Å²) in [5.74, 6) is 5.86. The highest BCUT2D eigenvalue weighted by Crippen LogP contribution is 2.31. The first kappa shape index (κ1) is 23.5. The van der Waals surface area contributed by atoms with Gasteiger partial charge in [-0.2, -0.15) is 0 Å². The molecular weight excluding hydrogens is 506 g/mol. The standard InChI is InChI=1S/C21H17Cl2FN6OS2/c1-11(33-21-29-28-18(30(21)25)9-12-4-2-3-5-16(12)24)19(31)27-20-26-17(10-32-20)13-6-7-14(22)15(23)8-13/h2-8,10-11H,9,25H2,1H3,(H,26,27,31)/t11-/m1/s1. The fraction of sp³-hybridized carbons (Fsp3) is 0.143. The van der Waals surface area contributed by atoms with Gasteiger partial charge in [0.25, 0.3) is 0 Å². The highest BCUT2D eigenvalue weighted by atomic mass is 35.5. The Labute approximate surface area is 207 Å². The number of carbonyl (C=O) groups excluding carboxylic acids is 1. The van der Waals surface area contributed by atoms with Crippen molar-refractivity contribution in [1.29, 1.82) is 0 Å². The zero-order chi connectivity index (χ0) is 23.5. The van der Waals surface area contributed by atoms with Crippen molar-refractivity contribution in [3.05, 3.63) is 75.1 Å². The van der Waals surface area contributed by atoms with Gasteiger partial charge in [0.1, 0.15) is 5.82 Å². The number of nitrogens with one attached hydrogen (secondary N) is 1. The number of thiazole rings is 1. The van der Waals surface area contributed by atoms with Crippen LogP contribution < -0.4 is 11.2 Å². The van der Waals surface area contributed by atoms with Gasteiger partial charge in [-0.25, -0.2) is 14.1 Å². The molecule has 4 rings (SSSR count). The Morgan fingerprint density at radius 1 is 1.24 bits per heavy atom. The molecule has 4 aromatic rings. The number of nitrogen functional groups attached to an aromatic ring is 1. The van der Waals surface area contributed by atoms with Crippen LogP contribution >= 0.6 is 46.3 Å². The molecule has 0 aliphatic carbocycles. The average molecular weight is 523 g/mol. The fourth-order valence-corrected chi connectivity index (χ4v) is 4.67. The van der Waals surface area contributed by atoms with Crippen LogP contribution in [0.25, 0.3) is 11.3 Å². The highest BCUT2D eigenvalue weighted by Gasteiger charge is 2.21. The van der Waals surface area contributed by atoms with E-state index < -0.39 is 5.25 Å². The molecule has 0 bridgehead atoms. The maximum Gasteiger partial charge on any atom is 0.239 e. The van der Waals surface area contributed by atoms with Crippen LogP contribution in [0.15, 0.2) is 53.0 Å². The lowest BCUT2D eigenvalue weighted by atomic mass is 10.1. The van der Waals surface area contributed by atoms with Crippen molar-refractivity contribution in [2.75, 3.05) is 11.2 Å². The number of nitrogens with two attached hydrogens (primary N) is 1. The largest absolute Gasteiger partial charge is 0.336 e. The van der Waals surface area contributed by atoms with Crippen LogP contribution in [0.2, 0.25) is 10.0 Å². The van der Waals surface area contributed by atoms with E-state index in [9.17, 15) is 9.18 Å². The molecule has 0 saturated carbocycles. The third-order valence-electron chi connectivity index (χ3n) is 4.64. The Morgan fingerprint density at radius 2 is 2.03 bits per heavy atom. The number of rotatable bonds is 7. The Balaban J connectivity index is 1.39. The molecule has 2 aromatic carbocycles. The molecule has 170 valence electrons. The first-order valence-electron chi connectivity index (χ1n) is 9.63. The molecule has 12 heteroatoms. The molecule has 2 heterocycles. The number of nitrogens with zero attached hydrogens (tertiary/aromatic N) is 4. The van der Waals surface area contributed by atoms with Gasteiger partial charge >= 0.3 is 0 Å². The van der Waals surface area contributed by atoms with E-state index in [1.165, 1.54) is 22.1 Å². The number of thioether (sulfide) groups is 1. The second-order valence-electron chi connectivity index (χ2n) is 6.95. The van der Waals surface area contributed by atoms with E-state index in [0.717, 1.165) is 17.3 Å². The van der Waals surface area contributed by atoms with Crippen LogP contribution in [0.1, 0.15) is 18.3 Å². The zero-order valence-electron chi connectivity index (χ0n) is 17.1. The monoisotopic (exact) mass is 522 g/mol. The minimum absolute atomic E-state index is 0.188. The SMILES string of the molecule is C[C@@H](Sc1nnc(Cc2ccccc2F)n1N)C(=O)Nc1nc(-c2ccc(Cl)c(Cl)c2)cs1. The molecule has 0 saturated heterocycles. The lowest BCUT2D eigenvalue weighted by molar-refractivity contribution is -0.115. The number of carbonyl (C=O) groups is 1. The summed E-state index contributed by atoms with van der Waals surface area (Å²) in [5.41, 5.74) is 1.93. The number of anilines is 1. The minimum Gasteiger partial charge on any atom is -0.336 e. The molecule has 2 aromatic heterocycles. The van der Waals surface area contributed by atoms with Crippen molar-refractivity contribution in [1.82, 2.24) is 19.9 Å². The highest BCUT2D eigenvalue weighted by molar-refractivity contribution is 8.00. The molecule has 0 aliphatic rings. The summed E-state index contributed by atoms with van der Waals surface area (Å²) in [7, 11) is 0. The summed E-state index contributed by atoms with van der Waals surface area (Å²) in [6.07, 6.45) is 0.188. The van der Waals surface area contributed by atoms with Crippen LogP contribution in [0.3, 0.4) is 0 Å². The third kappa shape index (κ3) is 5.47. The van der Waals surface area contributed by atoms with Gasteiger partial charge in [-0.1, -0.05) is 59.2 Å². The molecule has 0 aliphatic heterocycles. The second kappa shape index (κ2) is 10.1. The van der Waals surface area contributed by atoms with Crippen LogP contribution in [0, 0.1) is 5.82 Å². The molecule has 0 fully saturated rings. The average Bonchev–Trinajstić information content (AvgIpc) is 3.39. The lowest BCUT2D eigenvalue weighted by Gasteiger charge is -2.10. The minimum atomic E-state index is -0.532. The first-order chi connectivity index (χ1) is 15.8. The predicted molar refractivity (Wildman–Crippen MR) is 131 cm³/mol. The van der Waals surface area contributed by atoms with E-state index in [2.05, 4.69) is 20.5 Å². The summed E-state index contributed by atoms with van der Waals surface area (Å²) in [6.45, 7) is 1.72. The summed E-state index contributed by atoms with van der Waals surface area (Å²) in [6, 6.07) is 11.6. The Hall–Kier alpha value is -2.66. The molecule has 33 heavy (non-hydrogen) atoms. The van der Waals surface area contributed by atoms with Gasteiger partial charge in [0, 0.05) is 17.4 Å². The lowest BCUT2D eigenvalue weighted by Crippen LogP contribution is -2.23. The Kier molecular flexibility index (Phi) is 7.18. The molecule has 1 atom stereocenters. The molecule has 1 amide bonds. The van der Waals surface area contributed by atoms with Gasteiger partial charge in [0.2, 0.25) is 11.1 Å². The third-order valence-corrected chi connectivity index (χ3v) is 7.20. The first-order valence-corrected chi connectivity index (χ1v) is 12.1. The van der Waals surface area contributed by atoms with Gasteiger partial charge in [-0.3, -0.25) is 4.79 Å². The van der Waals surface area contributed by atoms with E-state index in [-0.39, 0.29) is 18.1 Å². The van der Waals surface area contributed by atoms with E-state index in [4.69, 9.17) is 29.0 Å². The molecular formula is C21H17Cl2FN6OS2. The topological polar surface area (TPSA) is 98.7 Å². The van der Waals surface area contributed by atoms with Crippen LogP contribution in [0.4, 0.5) is 9.52 Å². The summed E-state index contributed by atoms with van der Waals surface area (Å²) in [4.78, 5) is 17.1. The maximum absolute atomic E-state index is 13.9. The van der Waals surface area contributed by atoms with Gasteiger partial charge < -0.3 is 11.2 Å². The number of amides is 1. The van der Waals surface area contributed by atoms with E-state index in [1.54, 1.807) is 43.3 Å². The van der Waals surface area contributed by atoms with Crippen molar-refractivity contribution in [2.45, 2.75) is 23.8 Å². The number of aromatic nitrogens is 4. The summed E-state index contributed by atoms with van der Waals surface area (Å²) in [5, 5.41) is 13.8. The van der Waals surface area contributed by atoms with Crippen molar-refractivity contribution in [3.63, 3.8) is 0 Å². The Bertz CT molecular complexity index is 1310. The van der Waals surface area contributed by atoms with Crippen molar-refractivity contribution < 1.29 is 9.18 Å². The van der Waals surface area contributed by atoms with Crippen molar-refractivity contribution in [3.8, 4) is 11.3 Å². The van der Waals surface area contributed by atoms with E-state index in [0.29, 0.717) is 37.4 Å². The number of hydrogen-bond acceptors (Lipinski definition) is 7. The van der Waals surface area contributed by atoms with Crippen molar-refractivity contribution in [2.24, 2.45) is 0 Å². The molecule has 7 nitrogen and oxygen atoms in total. The van der Waals surface area contributed by atoms with E-state index in [1.807, 2.05) is 5.38 Å². The Morgan fingerprint density at radius 3 is 2.79 bits per heavy atom. The molecule has 0 spiro atoms. The predicted octanol–water partition coefficient (Wildman–Crippen LogP) is 5.27. The van der Waals surface area contributed by atoms with Gasteiger partial charge in [0.15, 0.2) is 11.0 Å². The number of hydrogen-bond donors (Lipinski definition) is 2. The van der Waals surface area contributed by atoms with Gasteiger partial charge in [-0.05, 0) is 30.7 Å². The fourth-order valence-electron chi connectivity index (χ4n) is 2.86. The second-order valence-corrected chi connectivity index (χ2v) is 9.93. The number of benzene rings is 2. The molecule has 0 unspecified atom stereocenters. The van der Waals surface area contributed by atoms with Crippen LogP contribution in [-0.2, 0) is 11.2 Å². The van der Waals surface area contributed by atoms with Gasteiger partial charge in [0.05, 0.1) is 21.0 Å². The smallest absolute Gasteiger partial charge is 0.239 e. The maximum atomic E-state index is 13.9. The summed E-state index contributed by atoms with van der Waals surface area (Å²) < 4.78 is 15.2. The van der Waals surface area contributed by atoms with E-state index >= 15 is 0 Å². The summed E-state index contributed by atoms with van der Waals surface area (Å²) >= 11 is 14.5. The number of halogens is 3. The van der Waals surface area contributed by atoms with Crippen LogP contribution in [0.5, 0.6) is 0 Å². The van der Waals surface area contributed by atoms with Crippen molar-refractivity contribution >= 4 is 57.3 Å². The zero-order valence-corrected chi connectivity index (χ0v) is 20.3. The molecule has 0 radical (unpaired) electrons. The normalized spacial score (nSPS) is 12.0. The van der Waals surface area contributed by atoms with Gasteiger partial charge in [-0.15, -0.1) is 21.5 Å².